The fraction of sp³-hybridized carbons (Fsp3) is 0.105. The molecular formula is C19H17ClN4O2S. The maximum absolute atomic E-state index is 12.0. The number of nitrogens with one attached hydrogen (secondary N) is 3. The summed E-state index contributed by atoms with van der Waals surface area (Å²) >= 11 is 7.19. The molecule has 3 amide bonds. The van der Waals surface area contributed by atoms with E-state index in [0.29, 0.717) is 16.7 Å². The van der Waals surface area contributed by atoms with Crippen LogP contribution >= 0.6 is 22.9 Å². The van der Waals surface area contributed by atoms with Crippen molar-refractivity contribution in [3.8, 4) is 10.4 Å². The van der Waals surface area contributed by atoms with Crippen LogP contribution in [0.3, 0.4) is 0 Å². The molecule has 27 heavy (non-hydrogen) atoms. The van der Waals surface area contributed by atoms with Crippen molar-refractivity contribution in [3.63, 3.8) is 0 Å². The number of benzene rings is 2. The zero-order chi connectivity index (χ0) is 19.1. The lowest BCUT2D eigenvalue weighted by atomic mass is 10.2. The number of anilines is 1. The quantitative estimate of drug-likeness (QED) is 0.586. The zero-order valence-electron chi connectivity index (χ0n) is 14.2. The first kappa shape index (κ1) is 18.9. The standard InChI is InChI=1S/C19H17ClN4O2S/c20-15-8-6-13(7-9-15)10-21-18(26)22-12-17(25)24-19-23-11-16(27-19)14-4-2-1-3-5-14/h1-9,11H,10,12H2,(H2,21,22,26)(H,23,24,25). The molecule has 0 radical (unpaired) electrons. The molecule has 2 aromatic carbocycles. The number of carbonyl (C=O) groups is 2. The van der Waals surface area contributed by atoms with Crippen LogP contribution in [0.2, 0.25) is 5.02 Å². The molecule has 0 spiro atoms. The van der Waals surface area contributed by atoms with Gasteiger partial charge in [-0.3, -0.25) is 4.79 Å². The summed E-state index contributed by atoms with van der Waals surface area (Å²) < 4.78 is 0. The Morgan fingerprint density at radius 1 is 1.00 bits per heavy atom. The molecule has 0 aliphatic heterocycles. The number of urea groups is 1. The number of hydrogen-bond acceptors (Lipinski definition) is 4. The lowest BCUT2D eigenvalue weighted by Crippen LogP contribution is -2.39. The van der Waals surface area contributed by atoms with E-state index in [2.05, 4.69) is 20.9 Å². The zero-order valence-corrected chi connectivity index (χ0v) is 15.8. The Balaban J connectivity index is 1.42. The summed E-state index contributed by atoms with van der Waals surface area (Å²) in [5, 5.41) is 8.99. The molecule has 0 atom stereocenters. The van der Waals surface area contributed by atoms with Crippen LogP contribution in [0.4, 0.5) is 9.93 Å². The first-order valence-corrected chi connectivity index (χ1v) is 9.37. The van der Waals surface area contributed by atoms with E-state index in [1.807, 2.05) is 42.5 Å². The first-order valence-electron chi connectivity index (χ1n) is 8.17. The normalized spacial score (nSPS) is 10.3. The van der Waals surface area contributed by atoms with E-state index < -0.39 is 6.03 Å². The van der Waals surface area contributed by atoms with Gasteiger partial charge in [0, 0.05) is 17.8 Å². The van der Waals surface area contributed by atoms with Crippen molar-refractivity contribution in [2.45, 2.75) is 6.54 Å². The fourth-order valence-electron chi connectivity index (χ4n) is 2.24. The van der Waals surface area contributed by atoms with Gasteiger partial charge < -0.3 is 16.0 Å². The average Bonchev–Trinajstić information content (AvgIpc) is 3.15. The Morgan fingerprint density at radius 3 is 2.48 bits per heavy atom. The third kappa shape index (κ3) is 5.80. The van der Waals surface area contributed by atoms with E-state index in [1.54, 1.807) is 18.3 Å². The van der Waals surface area contributed by atoms with E-state index in [-0.39, 0.29) is 12.5 Å². The number of halogens is 1. The van der Waals surface area contributed by atoms with E-state index in [9.17, 15) is 9.59 Å². The molecule has 8 heteroatoms. The maximum Gasteiger partial charge on any atom is 0.315 e. The summed E-state index contributed by atoms with van der Waals surface area (Å²) in [6, 6.07) is 16.5. The highest BCUT2D eigenvalue weighted by Gasteiger charge is 2.09. The molecule has 0 unspecified atom stereocenters. The summed E-state index contributed by atoms with van der Waals surface area (Å²) in [7, 11) is 0. The van der Waals surface area contributed by atoms with Crippen LogP contribution in [0.5, 0.6) is 0 Å². The van der Waals surface area contributed by atoms with Crippen molar-refractivity contribution in [3.05, 3.63) is 71.4 Å². The average molecular weight is 401 g/mol. The van der Waals surface area contributed by atoms with Gasteiger partial charge in [0.1, 0.15) is 0 Å². The second kappa shape index (κ2) is 9.16. The monoisotopic (exact) mass is 400 g/mol. The van der Waals surface area contributed by atoms with Crippen molar-refractivity contribution >= 4 is 40.0 Å². The predicted octanol–water partition coefficient (Wildman–Crippen LogP) is 3.90. The molecule has 3 aromatic rings. The summed E-state index contributed by atoms with van der Waals surface area (Å²) in [6.07, 6.45) is 1.71. The van der Waals surface area contributed by atoms with Crippen molar-refractivity contribution in [1.29, 1.82) is 0 Å². The lowest BCUT2D eigenvalue weighted by molar-refractivity contribution is -0.115. The van der Waals surface area contributed by atoms with Gasteiger partial charge in [0.25, 0.3) is 0 Å². The van der Waals surface area contributed by atoms with E-state index in [4.69, 9.17) is 11.6 Å². The van der Waals surface area contributed by atoms with Crippen LogP contribution < -0.4 is 16.0 Å². The number of aromatic nitrogens is 1. The molecule has 0 aliphatic carbocycles. The van der Waals surface area contributed by atoms with Gasteiger partial charge in [0.2, 0.25) is 5.91 Å². The fourth-order valence-corrected chi connectivity index (χ4v) is 3.20. The van der Waals surface area contributed by atoms with Gasteiger partial charge >= 0.3 is 6.03 Å². The molecule has 0 saturated carbocycles. The number of rotatable bonds is 6. The van der Waals surface area contributed by atoms with Crippen LogP contribution in [-0.4, -0.2) is 23.5 Å². The Labute approximate surface area is 165 Å². The Bertz CT molecular complexity index is 913. The van der Waals surface area contributed by atoms with Gasteiger partial charge in [0.15, 0.2) is 5.13 Å². The molecule has 0 aliphatic rings. The number of amides is 3. The largest absolute Gasteiger partial charge is 0.334 e. The molecule has 1 heterocycles. The van der Waals surface area contributed by atoms with Crippen LogP contribution in [-0.2, 0) is 11.3 Å². The van der Waals surface area contributed by atoms with Gasteiger partial charge in [-0.05, 0) is 23.3 Å². The Morgan fingerprint density at radius 2 is 1.74 bits per heavy atom. The lowest BCUT2D eigenvalue weighted by Gasteiger charge is -2.07. The first-order chi connectivity index (χ1) is 13.1. The van der Waals surface area contributed by atoms with Crippen molar-refractivity contribution in [1.82, 2.24) is 15.6 Å². The highest BCUT2D eigenvalue weighted by molar-refractivity contribution is 7.19. The topological polar surface area (TPSA) is 83.1 Å². The van der Waals surface area contributed by atoms with Crippen LogP contribution in [0.1, 0.15) is 5.56 Å². The Hall–Kier alpha value is -2.90. The van der Waals surface area contributed by atoms with E-state index in [0.717, 1.165) is 16.0 Å². The number of thiazole rings is 1. The summed E-state index contributed by atoms with van der Waals surface area (Å²) in [5.74, 6) is -0.342. The second-order valence-electron chi connectivity index (χ2n) is 5.61. The minimum atomic E-state index is -0.427. The molecule has 0 saturated heterocycles. The van der Waals surface area contributed by atoms with E-state index in [1.165, 1.54) is 11.3 Å². The predicted molar refractivity (Wildman–Crippen MR) is 108 cm³/mol. The molecule has 3 N–H and O–H groups in total. The number of nitrogens with zero attached hydrogens (tertiary/aromatic N) is 1. The van der Waals surface area contributed by atoms with Gasteiger partial charge in [0.05, 0.1) is 11.4 Å². The van der Waals surface area contributed by atoms with E-state index >= 15 is 0 Å². The summed E-state index contributed by atoms with van der Waals surface area (Å²) in [6.45, 7) is 0.199. The van der Waals surface area contributed by atoms with Crippen molar-refractivity contribution < 1.29 is 9.59 Å². The molecule has 1 aromatic heterocycles. The second-order valence-corrected chi connectivity index (χ2v) is 7.07. The van der Waals surface area contributed by atoms with Gasteiger partial charge in [-0.25, -0.2) is 9.78 Å². The van der Waals surface area contributed by atoms with Crippen LogP contribution in [0.15, 0.2) is 60.8 Å². The summed E-state index contributed by atoms with van der Waals surface area (Å²) in [4.78, 5) is 28.9. The number of hydrogen-bond donors (Lipinski definition) is 3. The minimum absolute atomic E-state index is 0.146. The molecule has 3 rings (SSSR count). The van der Waals surface area contributed by atoms with Crippen LogP contribution in [0.25, 0.3) is 10.4 Å². The van der Waals surface area contributed by atoms with Gasteiger partial charge in [-0.2, -0.15) is 0 Å². The third-order valence-corrected chi connectivity index (χ3v) is 4.80. The molecule has 0 fully saturated rings. The van der Waals surface area contributed by atoms with Crippen LogP contribution in [0, 0.1) is 0 Å². The highest BCUT2D eigenvalue weighted by Crippen LogP contribution is 2.28. The van der Waals surface area contributed by atoms with Gasteiger partial charge in [-0.1, -0.05) is 65.4 Å². The number of carbonyl (C=O) groups excluding carboxylic acids is 2. The third-order valence-electron chi connectivity index (χ3n) is 3.59. The summed E-state index contributed by atoms with van der Waals surface area (Å²) in [5.41, 5.74) is 1.95. The smallest absolute Gasteiger partial charge is 0.315 e. The molecule has 6 nitrogen and oxygen atoms in total. The minimum Gasteiger partial charge on any atom is -0.334 e. The molecular weight excluding hydrogens is 384 g/mol. The van der Waals surface area contributed by atoms with Crippen molar-refractivity contribution in [2.75, 3.05) is 11.9 Å². The highest BCUT2D eigenvalue weighted by atomic mass is 35.5. The molecule has 0 bridgehead atoms. The maximum atomic E-state index is 12.0. The Kier molecular flexibility index (Phi) is 6.40. The molecule has 138 valence electrons. The van der Waals surface area contributed by atoms with Crippen molar-refractivity contribution in [2.24, 2.45) is 0 Å². The van der Waals surface area contributed by atoms with Gasteiger partial charge in [-0.15, -0.1) is 0 Å². The SMILES string of the molecule is O=C(CNC(=O)NCc1ccc(Cl)cc1)Nc1ncc(-c2ccccc2)s1.